The summed E-state index contributed by atoms with van der Waals surface area (Å²) in [5.41, 5.74) is 0.117. The molecule has 2 aliphatic carbocycles. The van der Waals surface area contributed by atoms with Crippen LogP contribution in [0, 0.1) is 22.7 Å². The van der Waals surface area contributed by atoms with Crippen molar-refractivity contribution in [3.63, 3.8) is 0 Å². The van der Waals surface area contributed by atoms with Gasteiger partial charge in [0.15, 0.2) is 0 Å². The lowest BCUT2D eigenvalue weighted by Crippen LogP contribution is -2.58. The third kappa shape index (κ3) is 1.76. The van der Waals surface area contributed by atoms with Crippen molar-refractivity contribution in [3.8, 4) is 0 Å². The van der Waals surface area contributed by atoms with E-state index in [1.54, 1.807) is 0 Å². The van der Waals surface area contributed by atoms with Gasteiger partial charge in [0.05, 0.1) is 17.6 Å². The summed E-state index contributed by atoms with van der Waals surface area (Å²) in [6, 6.07) is 0. The predicted molar refractivity (Wildman–Crippen MR) is 80.6 cm³/mol. The van der Waals surface area contributed by atoms with Gasteiger partial charge in [-0.2, -0.15) is 0 Å². The van der Waals surface area contributed by atoms with E-state index in [4.69, 9.17) is 4.74 Å². The molecule has 3 rings (SSSR count). The molecule has 3 aliphatic rings. The average Bonchev–Trinajstić information content (AvgIpc) is 2.56. The molecule has 4 atom stereocenters. The molecule has 1 aliphatic heterocycles. The molecule has 0 aromatic carbocycles. The van der Waals surface area contributed by atoms with Crippen molar-refractivity contribution < 1.29 is 9.53 Å². The Labute approximate surface area is 123 Å². The Morgan fingerprint density at radius 2 is 2.00 bits per heavy atom. The molecule has 3 fully saturated rings. The first kappa shape index (κ1) is 14.6. The quantitative estimate of drug-likeness (QED) is 0.766. The van der Waals surface area contributed by atoms with Crippen LogP contribution in [-0.2, 0) is 9.53 Å². The highest BCUT2D eigenvalue weighted by Gasteiger charge is 2.68. The van der Waals surface area contributed by atoms with Crippen molar-refractivity contribution >= 4 is 5.78 Å². The molecule has 2 heteroatoms. The standard InChI is InChI=1S/C18H30O2/c1-5-6-7-14-17(4)11-8-13-16(2,3)10-9-15(19)18(13,14)12-20-17/h13-14H,5-12H2,1-4H3/t13-,14-,17+,18-/m0/s1. The molecule has 2 bridgehead atoms. The van der Waals surface area contributed by atoms with E-state index in [1.165, 1.54) is 25.7 Å². The lowest BCUT2D eigenvalue weighted by atomic mass is 9.45. The molecule has 2 nitrogen and oxygen atoms in total. The summed E-state index contributed by atoms with van der Waals surface area (Å²) in [4.78, 5) is 12.9. The Morgan fingerprint density at radius 3 is 2.70 bits per heavy atom. The van der Waals surface area contributed by atoms with E-state index < -0.39 is 0 Å². The Hall–Kier alpha value is -0.370. The maximum Gasteiger partial charge on any atom is 0.142 e. The number of ketones is 1. The van der Waals surface area contributed by atoms with Crippen molar-refractivity contribution in [3.05, 3.63) is 0 Å². The van der Waals surface area contributed by atoms with Gasteiger partial charge in [0.2, 0.25) is 0 Å². The minimum Gasteiger partial charge on any atom is -0.374 e. The number of rotatable bonds is 3. The molecule has 1 saturated heterocycles. The summed E-state index contributed by atoms with van der Waals surface area (Å²) in [7, 11) is 0. The van der Waals surface area contributed by atoms with Gasteiger partial charge in [-0.1, -0.05) is 33.6 Å². The Kier molecular flexibility index (Phi) is 3.32. The topological polar surface area (TPSA) is 26.3 Å². The van der Waals surface area contributed by atoms with Crippen LogP contribution in [0.3, 0.4) is 0 Å². The molecule has 1 heterocycles. The minimum absolute atomic E-state index is 0.0330. The second-order valence-corrected chi connectivity index (χ2v) is 8.34. The van der Waals surface area contributed by atoms with Gasteiger partial charge in [0, 0.05) is 12.3 Å². The average molecular weight is 278 g/mol. The number of Topliss-reactive ketones (excluding diaryl/α,β-unsaturated/α-hetero) is 1. The number of unbranched alkanes of at least 4 members (excludes halogenated alkanes) is 1. The fraction of sp³-hybridized carbons (Fsp3) is 0.944. The molecular weight excluding hydrogens is 248 g/mol. The van der Waals surface area contributed by atoms with Crippen LogP contribution in [0.5, 0.6) is 0 Å². The third-order valence-electron chi connectivity index (χ3n) is 6.86. The van der Waals surface area contributed by atoms with Crippen LogP contribution >= 0.6 is 0 Å². The molecule has 0 radical (unpaired) electrons. The van der Waals surface area contributed by atoms with Gasteiger partial charge in [0.1, 0.15) is 5.78 Å². The molecule has 0 aromatic heterocycles. The number of fused-ring (bicyclic) bond motifs is 1. The zero-order valence-corrected chi connectivity index (χ0v) is 13.6. The summed E-state index contributed by atoms with van der Waals surface area (Å²) in [5.74, 6) is 1.51. The summed E-state index contributed by atoms with van der Waals surface area (Å²) >= 11 is 0. The minimum atomic E-state index is -0.149. The second-order valence-electron chi connectivity index (χ2n) is 8.34. The first-order valence-corrected chi connectivity index (χ1v) is 8.54. The highest BCUT2D eigenvalue weighted by molar-refractivity contribution is 5.87. The Balaban J connectivity index is 2.02. The zero-order valence-electron chi connectivity index (χ0n) is 13.6. The first-order chi connectivity index (χ1) is 9.37. The second kappa shape index (κ2) is 4.56. The lowest BCUT2D eigenvalue weighted by molar-refractivity contribution is -0.151. The molecule has 114 valence electrons. The number of carbonyl (C=O) groups is 1. The lowest BCUT2D eigenvalue weighted by Gasteiger charge is -2.56. The smallest absolute Gasteiger partial charge is 0.142 e. The molecule has 0 amide bonds. The van der Waals surface area contributed by atoms with Gasteiger partial charge >= 0.3 is 0 Å². The molecule has 1 spiro atoms. The van der Waals surface area contributed by atoms with Gasteiger partial charge < -0.3 is 4.74 Å². The normalized spacial score (nSPS) is 46.3. The summed E-state index contributed by atoms with van der Waals surface area (Å²) < 4.78 is 6.28. The van der Waals surface area contributed by atoms with Crippen molar-refractivity contribution in [2.45, 2.75) is 78.2 Å². The van der Waals surface area contributed by atoms with E-state index in [-0.39, 0.29) is 11.0 Å². The molecule has 2 saturated carbocycles. The van der Waals surface area contributed by atoms with Crippen LogP contribution in [0.4, 0.5) is 0 Å². The highest BCUT2D eigenvalue weighted by atomic mass is 16.5. The summed E-state index contributed by atoms with van der Waals surface area (Å²) in [6.45, 7) is 9.97. The van der Waals surface area contributed by atoms with Crippen LogP contribution < -0.4 is 0 Å². The van der Waals surface area contributed by atoms with Crippen LogP contribution in [0.2, 0.25) is 0 Å². The SMILES string of the molecule is CCCC[C@@H]1[C@]23CO[C@]1(C)CC[C@H]2C(C)(C)CCC3=O. The number of ether oxygens (including phenoxy) is 1. The predicted octanol–water partition coefficient (Wildman–Crippen LogP) is 4.37. The van der Waals surface area contributed by atoms with Crippen LogP contribution in [-0.4, -0.2) is 18.0 Å². The van der Waals surface area contributed by atoms with Crippen LogP contribution in [0.1, 0.15) is 72.6 Å². The van der Waals surface area contributed by atoms with E-state index in [9.17, 15) is 4.79 Å². The first-order valence-electron chi connectivity index (χ1n) is 8.54. The van der Waals surface area contributed by atoms with E-state index in [0.29, 0.717) is 29.6 Å². The van der Waals surface area contributed by atoms with Gasteiger partial charge in [-0.25, -0.2) is 0 Å². The number of hydrogen-bond acceptors (Lipinski definition) is 2. The maximum absolute atomic E-state index is 12.9. The van der Waals surface area contributed by atoms with E-state index >= 15 is 0 Å². The largest absolute Gasteiger partial charge is 0.374 e. The third-order valence-corrected chi connectivity index (χ3v) is 6.86. The van der Waals surface area contributed by atoms with Gasteiger partial charge in [-0.05, 0) is 43.9 Å². The van der Waals surface area contributed by atoms with Crippen LogP contribution in [0.25, 0.3) is 0 Å². The molecular formula is C18H30O2. The molecule has 0 aromatic rings. The number of carbonyl (C=O) groups excluding carboxylic acids is 1. The van der Waals surface area contributed by atoms with Gasteiger partial charge in [0.25, 0.3) is 0 Å². The maximum atomic E-state index is 12.9. The Bertz CT molecular complexity index is 414. The van der Waals surface area contributed by atoms with Crippen molar-refractivity contribution in [1.82, 2.24) is 0 Å². The molecule has 0 unspecified atom stereocenters. The van der Waals surface area contributed by atoms with Crippen LogP contribution in [0.15, 0.2) is 0 Å². The highest BCUT2D eigenvalue weighted by Crippen LogP contribution is 2.66. The van der Waals surface area contributed by atoms with Crippen molar-refractivity contribution in [2.24, 2.45) is 22.7 Å². The van der Waals surface area contributed by atoms with Gasteiger partial charge in [-0.3, -0.25) is 4.79 Å². The zero-order chi connectivity index (χ0) is 14.6. The summed E-state index contributed by atoms with van der Waals surface area (Å²) in [5, 5.41) is 0. The van der Waals surface area contributed by atoms with Crippen molar-refractivity contribution in [1.29, 1.82) is 0 Å². The van der Waals surface area contributed by atoms with E-state index in [2.05, 4.69) is 27.7 Å². The van der Waals surface area contributed by atoms with E-state index in [0.717, 1.165) is 19.3 Å². The molecule has 0 N–H and O–H groups in total. The van der Waals surface area contributed by atoms with Gasteiger partial charge in [-0.15, -0.1) is 0 Å². The monoisotopic (exact) mass is 278 g/mol. The molecule has 20 heavy (non-hydrogen) atoms. The summed E-state index contributed by atoms with van der Waals surface area (Å²) in [6.07, 6.45) is 7.77. The fourth-order valence-corrected chi connectivity index (χ4v) is 5.68. The van der Waals surface area contributed by atoms with E-state index in [1.807, 2.05) is 0 Å². The number of hydrogen-bond donors (Lipinski definition) is 0. The Morgan fingerprint density at radius 1 is 1.25 bits per heavy atom. The van der Waals surface area contributed by atoms with Crippen molar-refractivity contribution in [2.75, 3.05) is 6.61 Å². The fourth-order valence-electron chi connectivity index (χ4n) is 5.68.